The Hall–Kier alpha value is -0.560. The van der Waals surface area contributed by atoms with Gasteiger partial charge < -0.3 is 5.11 Å². The Bertz CT molecular complexity index is 154. The molecule has 0 radical (unpaired) electrons. The molecule has 0 aliphatic heterocycles. The van der Waals surface area contributed by atoms with E-state index >= 15 is 0 Å². The number of aliphatic hydroxyl groups is 1. The quantitative estimate of drug-likeness (QED) is 0.600. The first-order valence-corrected chi connectivity index (χ1v) is 4.21. The first kappa shape index (κ1) is 8.54. The van der Waals surface area contributed by atoms with Gasteiger partial charge in [-0.3, -0.25) is 0 Å². The van der Waals surface area contributed by atoms with Crippen LogP contribution in [0.5, 0.6) is 0 Å². The second kappa shape index (κ2) is 3.72. The zero-order chi connectivity index (χ0) is 8.27. The predicted molar refractivity (Wildman–Crippen MR) is 47.2 cm³/mol. The Balaban J connectivity index is 2.50. The van der Waals surface area contributed by atoms with Crippen LogP contribution in [0.2, 0.25) is 0 Å². The first-order chi connectivity index (χ1) is 5.24. The molecular formula is C10H16O. The Labute approximate surface area is 68.4 Å². The number of hydrogen-bond donors (Lipinski definition) is 1. The second-order valence-corrected chi connectivity index (χ2v) is 3.44. The molecular weight excluding hydrogens is 136 g/mol. The van der Waals surface area contributed by atoms with Crippen molar-refractivity contribution < 1.29 is 5.11 Å². The van der Waals surface area contributed by atoms with Gasteiger partial charge in [-0.15, -0.1) is 0 Å². The molecule has 0 unspecified atom stereocenters. The van der Waals surface area contributed by atoms with Gasteiger partial charge in [0.25, 0.3) is 0 Å². The highest BCUT2D eigenvalue weighted by molar-refractivity contribution is 5.13. The molecule has 0 saturated carbocycles. The van der Waals surface area contributed by atoms with Gasteiger partial charge in [0, 0.05) is 5.92 Å². The molecule has 0 fully saturated rings. The van der Waals surface area contributed by atoms with Gasteiger partial charge in [0.05, 0.1) is 6.61 Å². The van der Waals surface area contributed by atoms with Gasteiger partial charge in [-0.1, -0.05) is 38.2 Å². The Kier molecular flexibility index (Phi) is 2.89. The van der Waals surface area contributed by atoms with E-state index in [1.165, 1.54) is 0 Å². The molecule has 1 aliphatic rings. The number of allylic oxidation sites excluding steroid dienone is 2. The van der Waals surface area contributed by atoms with Gasteiger partial charge >= 0.3 is 0 Å². The number of aliphatic hydroxyl groups excluding tert-OH is 1. The average molecular weight is 152 g/mol. The molecule has 0 atom stereocenters. The monoisotopic (exact) mass is 152 g/mol. The fourth-order valence-corrected chi connectivity index (χ4v) is 1.24. The van der Waals surface area contributed by atoms with E-state index in [2.05, 4.69) is 38.2 Å². The maximum absolute atomic E-state index is 8.81. The van der Waals surface area contributed by atoms with Gasteiger partial charge in [-0.25, -0.2) is 0 Å². The first-order valence-electron chi connectivity index (χ1n) is 4.21. The molecule has 1 rings (SSSR count). The van der Waals surface area contributed by atoms with Crippen molar-refractivity contribution in [3.63, 3.8) is 0 Å². The molecule has 1 aliphatic carbocycles. The third kappa shape index (κ3) is 2.19. The van der Waals surface area contributed by atoms with Crippen LogP contribution < -0.4 is 0 Å². The van der Waals surface area contributed by atoms with E-state index in [-0.39, 0.29) is 12.5 Å². The molecule has 0 aromatic heterocycles. The molecule has 11 heavy (non-hydrogen) atoms. The fraction of sp³-hybridized carbons (Fsp3) is 0.600. The molecule has 0 aromatic rings. The van der Waals surface area contributed by atoms with Crippen molar-refractivity contribution in [2.24, 2.45) is 17.8 Å². The molecule has 1 nitrogen and oxygen atoms in total. The van der Waals surface area contributed by atoms with Crippen molar-refractivity contribution in [3.8, 4) is 0 Å². The molecule has 62 valence electrons. The van der Waals surface area contributed by atoms with E-state index in [0.717, 1.165) is 0 Å². The topological polar surface area (TPSA) is 20.2 Å². The van der Waals surface area contributed by atoms with E-state index in [1.54, 1.807) is 0 Å². The van der Waals surface area contributed by atoms with Gasteiger partial charge in [0.2, 0.25) is 0 Å². The van der Waals surface area contributed by atoms with E-state index < -0.39 is 0 Å². The lowest BCUT2D eigenvalue weighted by Gasteiger charge is -2.17. The van der Waals surface area contributed by atoms with E-state index in [0.29, 0.717) is 11.8 Å². The van der Waals surface area contributed by atoms with E-state index in [1.807, 2.05) is 0 Å². The van der Waals surface area contributed by atoms with Crippen LogP contribution in [0.3, 0.4) is 0 Å². The minimum Gasteiger partial charge on any atom is -0.395 e. The maximum atomic E-state index is 8.81. The molecule has 0 spiro atoms. The third-order valence-corrected chi connectivity index (χ3v) is 2.14. The highest BCUT2D eigenvalue weighted by atomic mass is 16.3. The number of rotatable bonds is 2. The van der Waals surface area contributed by atoms with Gasteiger partial charge in [0.15, 0.2) is 0 Å². The summed E-state index contributed by atoms with van der Waals surface area (Å²) in [4.78, 5) is 0. The molecule has 0 bridgehead atoms. The van der Waals surface area contributed by atoms with Gasteiger partial charge in [0.1, 0.15) is 0 Å². The standard InChI is InChI=1S/C10H16O/c1-8(2)10-5-3-9(7-11)4-6-10/h3-6,8-11H,7H2,1-2H3. The zero-order valence-electron chi connectivity index (χ0n) is 7.20. The summed E-state index contributed by atoms with van der Waals surface area (Å²) in [7, 11) is 0. The second-order valence-electron chi connectivity index (χ2n) is 3.44. The molecule has 0 saturated heterocycles. The molecule has 1 heteroatoms. The van der Waals surface area contributed by atoms with Crippen LogP contribution in [0.1, 0.15) is 13.8 Å². The highest BCUT2D eigenvalue weighted by Gasteiger charge is 2.10. The molecule has 1 N–H and O–H groups in total. The van der Waals surface area contributed by atoms with Crippen molar-refractivity contribution in [1.82, 2.24) is 0 Å². The number of hydrogen-bond acceptors (Lipinski definition) is 1. The van der Waals surface area contributed by atoms with Crippen molar-refractivity contribution in [2.45, 2.75) is 13.8 Å². The molecule has 0 heterocycles. The van der Waals surface area contributed by atoms with Crippen LogP contribution in [0, 0.1) is 17.8 Å². The summed E-state index contributed by atoms with van der Waals surface area (Å²) < 4.78 is 0. The lowest BCUT2D eigenvalue weighted by Crippen LogP contribution is -2.09. The van der Waals surface area contributed by atoms with E-state index in [4.69, 9.17) is 5.11 Å². The largest absolute Gasteiger partial charge is 0.395 e. The third-order valence-electron chi connectivity index (χ3n) is 2.14. The fourth-order valence-electron chi connectivity index (χ4n) is 1.24. The van der Waals surface area contributed by atoms with Crippen LogP contribution in [0.25, 0.3) is 0 Å². The normalized spacial score (nSPS) is 29.8. The SMILES string of the molecule is CC(C)C1C=CC(CO)C=C1. The van der Waals surface area contributed by atoms with Crippen molar-refractivity contribution >= 4 is 0 Å². The zero-order valence-corrected chi connectivity index (χ0v) is 7.20. The van der Waals surface area contributed by atoms with Crippen molar-refractivity contribution in [1.29, 1.82) is 0 Å². The summed E-state index contributed by atoms with van der Waals surface area (Å²) in [5.41, 5.74) is 0. The summed E-state index contributed by atoms with van der Waals surface area (Å²) >= 11 is 0. The minimum absolute atomic E-state index is 0.234. The van der Waals surface area contributed by atoms with Crippen LogP contribution in [-0.4, -0.2) is 11.7 Å². The lowest BCUT2D eigenvalue weighted by molar-refractivity contribution is 0.272. The summed E-state index contributed by atoms with van der Waals surface area (Å²) in [5.74, 6) is 1.49. The van der Waals surface area contributed by atoms with Crippen molar-refractivity contribution in [3.05, 3.63) is 24.3 Å². The summed E-state index contributed by atoms with van der Waals surface area (Å²) in [5, 5.41) is 8.81. The summed E-state index contributed by atoms with van der Waals surface area (Å²) in [6.45, 7) is 4.65. The highest BCUT2D eigenvalue weighted by Crippen LogP contribution is 2.20. The van der Waals surface area contributed by atoms with Crippen LogP contribution in [-0.2, 0) is 0 Å². The van der Waals surface area contributed by atoms with Crippen molar-refractivity contribution in [2.75, 3.05) is 6.61 Å². The molecule has 0 aromatic carbocycles. The maximum Gasteiger partial charge on any atom is 0.0528 e. The minimum atomic E-state index is 0.234. The Morgan fingerprint density at radius 3 is 2.09 bits per heavy atom. The predicted octanol–water partition coefficient (Wildman–Crippen LogP) is 1.99. The Morgan fingerprint density at radius 1 is 1.18 bits per heavy atom. The summed E-state index contributed by atoms with van der Waals surface area (Å²) in [6, 6.07) is 0. The van der Waals surface area contributed by atoms with Crippen LogP contribution in [0.4, 0.5) is 0 Å². The average Bonchev–Trinajstić information content (AvgIpc) is 2.05. The Morgan fingerprint density at radius 2 is 1.73 bits per heavy atom. The lowest BCUT2D eigenvalue weighted by atomic mass is 9.89. The van der Waals surface area contributed by atoms with E-state index in [9.17, 15) is 0 Å². The smallest absolute Gasteiger partial charge is 0.0528 e. The van der Waals surface area contributed by atoms with Crippen LogP contribution in [0.15, 0.2) is 24.3 Å². The van der Waals surface area contributed by atoms with Gasteiger partial charge in [-0.2, -0.15) is 0 Å². The van der Waals surface area contributed by atoms with Gasteiger partial charge in [-0.05, 0) is 11.8 Å². The summed E-state index contributed by atoms with van der Waals surface area (Å²) in [6.07, 6.45) is 8.55. The molecule has 0 amide bonds. The van der Waals surface area contributed by atoms with Crippen LogP contribution >= 0.6 is 0 Å².